The van der Waals surface area contributed by atoms with Crippen LogP contribution in [-0.4, -0.2) is 117 Å². The standard InChI is InChI=1S/C36H56N2O9/c1-23-20-36(6,43-10)31(25(3)30(40)35(4,5)34(42)44-22-27(17-14-18-39)38(9)21-23)47-33-29(28(37(7)8)19-24(2)45-33)46-32(41)26-15-12-11-13-16-26/h11-13,15-16,18,23-25,27-29,31,33H,14,17,19-22H2,1-10H3/t23-,24-,25+,27+,28+,29-,31-,33+,36-/m1/s1. The van der Waals surface area contributed by atoms with Gasteiger partial charge in [-0.1, -0.05) is 32.0 Å². The molecule has 1 aromatic rings. The van der Waals surface area contributed by atoms with Gasteiger partial charge in [-0.05, 0) is 86.2 Å². The zero-order valence-corrected chi connectivity index (χ0v) is 29.9. The number of likely N-dealkylation sites (N-methyl/N-ethyl adjacent to an activating group) is 2. The first-order valence-corrected chi connectivity index (χ1v) is 16.7. The predicted molar refractivity (Wildman–Crippen MR) is 177 cm³/mol. The molecule has 0 bridgehead atoms. The zero-order chi connectivity index (χ0) is 35.1. The van der Waals surface area contributed by atoms with Crippen LogP contribution in [0.1, 0.15) is 77.6 Å². The maximum atomic E-state index is 14.3. The minimum atomic E-state index is -1.50. The van der Waals surface area contributed by atoms with Crippen LogP contribution in [0.4, 0.5) is 0 Å². The first-order valence-electron chi connectivity index (χ1n) is 16.7. The quantitative estimate of drug-likeness (QED) is 0.216. The largest absolute Gasteiger partial charge is 0.463 e. The number of esters is 2. The van der Waals surface area contributed by atoms with Gasteiger partial charge in [-0.2, -0.15) is 0 Å². The lowest BCUT2D eigenvalue weighted by Gasteiger charge is -2.47. The number of carbonyl (C=O) groups is 4. The van der Waals surface area contributed by atoms with E-state index in [1.54, 1.807) is 52.1 Å². The minimum absolute atomic E-state index is 0.0500. The van der Waals surface area contributed by atoms with Gasteiger partial charge in [0.1, 0.15) is 18.3 Å². The van der Waals surface area contributed by atoms with Gasteiger partial charge in [0.15, 0.2) is 18.2 Å². The van der Waals surface area contributed by atoms with Crippen molar-refractivity contribution in [3.63, 3.8) is 0 Å². The summed E-state index contributed by atoms with van der Waals surface area (Å²) in [5.74, 6) is -2.32. The summed E-state index contributed by atoms with van der Waals surface area (Å²) in [6.07, 6.45) is -0.210. The van der Waals surface area contributed by atoms with E-state index < -0.39 is 47.4 Å². The van der Waals surface area contributed by atoms with Crippen LogP contribution in [0.2, 0.25) is 0 Å². The van der Waals surface area contributed by atoms with Gasteiger partial charge in [0.2, 0.25) is 0 Å². The summed E-state index contributed by atoms with van der Waals surface area (Å²) in [5, 5.41) is 0. The molecule has 0 N–H and O–H groups in total. The molecule has 9 atom stereocenters. The molecule has 0 unspecified atom stereocenters. The third kappa shape index (κ3) is 9.47. The second-order valence-corrected chi connectivity index (χ2v) is 14.4. The Kier molecular flexibility index (Phi) is 13.7. The van der Waals surface area contributed by atoms with Gasteiger partial charge in [0.25, 0.3) is 0 Å². The number of hydrogen-bond donors (Lipinski definition) is 0. The number of ketones is 1. The number of hydrogen-bond acceptors (Lipinski definition) is 11. The third-order valence-corrected chi connectivity index (χ3v) is 9.85. The number of carbonyl (C=O) groups excluding carboxylic acids is 4. The Bertz CT molecular complexity index is 1210. The van der Waals surface area contributed by atoms with Crippen LogP contribution in [-0.2, 0) is 38.1 Å². The number of aldehydes is 1. The third-order valence-electron chi connectivity index (χ3n) is 9.85. The smallest absolute Gasteiger partial charge is 0.338 e. The molecule has 2 heterocycles. The lowest BCUT2D eigenvalue weighted by Crippen LogP contribution is -2.60. The molecule has 2 fully saturated rings. The molecule has 1 aromatic carbocycles. The van der Waals surface area contributed by atoms with Crippen LogP contribution in [0.25, 0.3) is 0 Å². The molecule has 2 saturated heterocycles. The molecule has 0 saturated carbocycles. The number of methoxy groups -OCH3 is 1. The van der Waals surface area contributed by atoms with Crippen LogP contribution >= 0.6 is 0 Å². The number of Topliss-reactive ketones (excluding diaryl/α,β-unsaturated/α-hetero) is 1. The van der Waals surface area contributed by atoms with E-state index in [1.165, 1.54) is 0 Å². The lowest BCUT2D eigenvalue weighted by atomic mass is 9.74. The molecule has 0 aliphatic carbocycles. The molecule has 264 valence electrons. The van der Waals surface area contributed by atoms with E-state index in [0.29, 0.717) is 37.8 Å². The van der Waals surface area contributed by atoms with Crippen molar-refractivity contribution in [3.8, 4) is 0 Å². The van der Waals surface area contributed by atoms with E-state index in [-0.39, 0.29) is 36.5 Å². The summed E-state index contributed by atoms with van der Waals surface area (Å²) in [7, 11) is 7.37. The molecule has 0 amide bonds. The van der Waals surface area contributed by atoms with Crippen molar-refractivity contribution < 1.29 is 42.9 Å². The van der Waals surface area contributed by atoms with E-state index in [4.69, 9.17) is 23.7 Å². The minimum Gasteiger partial charge on any atom is -0.463 e. The molecular formula is C36H56N2O9. The van der Waals surface area contributed by atoms with E-state index in [2.05, 4.69) is 11.8 Å². The maximum Gasteiger partial charge on any atom is 0.338 e. The van der Waals surface area contributed by atoms with Crippen molar-refractivity contribution in [2.45, 2.75) is 110 Å². The van der Waals surface area contributed by atoms with Gasteiger partial charge in [-0.15, -0.1) is 0 Å². The van der Waals surface area contributed by atoms with E-state index in [1.807, 2.05) is 46.0 Å². The number of nitrogens with zero attached hydrogens (tertiary/aromatic N) is 2. The molecule has 11 heteroatoms. The number of ether oxygens (including phenoxy) is 5. The highest BCUT2D eigenvalue weighted by Crippen LogP contribution is 2.39. The van der Waals surface area contributed by atoms with Gasteiger partial charge in [0, 0.05) is 32.0 Å². The van der Waals surface area contributed by atoms with Crippen molar-refractivity contribution in [3.05, 3.63) is 35.9 Å². The number of benzene rings is 1. The fourth-order valence-electron chi connectivity index (χ4n) is 7.03. The summed E-state index contributed by atoms with van der Waals surface area (Å²) in [6.45, 7) is 11.5. The van der Waals surface area contributed by atoms with Crippen molar-refractivity contribution >= 4 is 24.0 Å². The highest BCUT2D eigenvalue weighted by Gasteiger charge is 2.52. The molecule has 2 aliphatic rings. The topological polar surface area (TPSA) is 121 Å². The highest BCUT2D eigenvalue weighted by molar-refractivity contribution is 6.04. The van der Waals surface area contributed by atoms with Gasteiger partial charge >= 0.3 is 11.9 Å². The highest BCUT2D eigenvalue weighted by atomic mass is 16.7. The Labute approximate surface area is 280 Å². The Morgan fingerprint density at radius 1 is 1.11 bits per heavy atom. The normalized spacial score (nSPS) is 34.4. The first kappa shape index (κ1) is 38.7. The van der Waals surface area contributed by atoms with Crippen LogP contribution < -0.4 is 0 Å². The first-order chi connectivity index (χ1) is 22.0. The van der Waals surface area contributed by atoms with Gasteiger partial charge in [0.05, 0.1) is 29.4 Å². The maximum absolute atomic E-state index is 14.3. The number of rotatable bonds is 9. The Balaban J connectivity index is 2.07. The second-order valence-electron chi connectivity index (χ2n) is 14.4. The average molecular weight is 661 g/mol. The molecule has 47 heavy (non-hydrogen) atoms. The monoisotopic (exact) mass is 660 g/mol. The summed E-state index contributed by atoms with van der Waals surface area (Å²) in [6, 6.07) is 8.31. The molecule has 0 aromatic heterocycles. The van der Waals surface area contributed by atoms with Crippen LogP contribution in [0.15, 0.2) is 30.3 Å². The van der Waals surface area contributed by atoms with Crippen LogP contribution in [0.3, 0.4) is 0 Å². The average Bonchev–Trinajstić information content (AvgIpc) is 3.03. The van der Waals surface area contributed by atoms with Crippen molar-refractivity contribution in [2.75, 3.05) is 41.4 Å². The zero-order valence-electron chi connectivity index (χ0n) is 29.9. The SMILES string of the molecule is CO[C@]1(C)C[C@@H](C)CN(C)[C@@H](CCC=O)COC(=O)C(C)(C)C(=O)[C@H](C)[C@H]1O[C@@H]1O[C@H](C)C[C@H](N(C)C)[C@H]1OC(=O)c1ccccc1. The molecular weight excluding hydrogens is 604 g/mol. The molecule has 3 rings (SSSR count). The second kappa shape index (κ2) is 16.6. The molecule has 2 aliphatic heterocycles. The molecule has 0 radical (unpaired) electrons. The predicted octanol–water partition coefficient (Wildman–Crippen LogP) is 4.16. The fourth-order valence-corrected chi connectivity index (χ4v) is 7.03. The summed E-state index contributed by atoms with van der Waals surface area (Å²) in [5.41, 5.74) is -2.12. The number of cyclic esters (lactones) is 1. The van der Waals surface area contributed by atoms with Crippen molar-refractivity contribution in [1.82, 2.24) is 9.80 Å². The molecule has 0 spiro atoms. The van der Waals surface area contributed by atoms with Gasteiger partial charge in [-0.3, -0.25) is 14.5 Å². The van der Waals surface area contributed by atoms with Gasteiger partial charge in [-0.25, -0.2) is 4.79 Å². The Morgan fingerprint density at radius 3 is 2.36 bits per heavy atom. The Morgan fingerprint density at radius 2 is 1.77 bits per heavy atom. The van der Waals surface area contributed by atoms with Crippen molar-refractivity contribution in [2.24, 2.45) is 17.3 Å². The summed E-state index contributed by atoms with van der Waals surface area (Å²) < 4.78 is 31.4. The van der Waals surface area contributed by atoms with Crippen LogP contribution in [0.5, 0.6) is 0 Å². The fraction of sp³-hybridized carbons (Fsp3) is 0.722. The van der Waals surface area contributed by atoms with E-state index >= 15 is 0 Å². The van der Waals surface area contributed by atoms with Crippen molar-refractivity contribution in [1.29, 1.82) is 0 Å². The Hall–Kier alpha value is -2.70. The van der Waals surface area contributed by atoms with Crippen LogP contribution in [0, 0.1) is 17.3 Å². The lowest BCUT2D eigenvalue weighted by molar-refractivity contribution is -0.295. The van der Waals surface area contributed by atoms with E-state index in [9.17, 15) is 19.2 Å². The summed E-state index contributed by atoms with van der Waals surface area (Å²) in [4.78, 5) is 56.4. The van der Waals surface area contributed by atoms with E-state index in [0.717, 1.165) is 6.29 Å². The molecule has 11 nitrogen and oxygen atoms in total. The van der Waals surface area contributed by atoms with Gasteiger partial charge < -0.3 is 33.4 Å². The summed E-state index contributed by atoms with van der Waals surface area (Å²) >= 11 is 0.